The van der Waals surface area contributed by atoms with Crippen LogP contribution in [0.15, 0.2) is 12.2 Å². The maximum Gasteiger partial charge on any atom is 0.198 e. The van der Waals surface area contributed by atoms with Crippen LogP contribution in [0.5, 0.6) is 0 Å². The van der Waals surface area contributed by atoms with Crippen molar-refractivity contribution in [2.45, 2.75) is 136 Å². The Balaban J connectivity index is 3.58. The van der Waals surface area contributed by atoms with Crippen molar-refractivity contribution in [1.29, 1.82) is 0 Å². The van der Waals surface area contributed by atoms with E-state index in [1.807, 2.05) is 13.2 Å². The fourth-order valence-electron chi connectivity index (χ4n) is 4.25. The van der Waals surface area contributed by atoms with E-state index in [1.54, 1.807) is 12.2 Å². The van der Waals surface area contributed by atoms with Gasteiger partial charge in [-0.05, 0) is 25.3 Å². The van der Waals surface area contributed by atoms with Gasteiger partial charge in [0.15, 0.2) is 12.1 Å². The molecule has 0 aromatic heterocycles. The van der Waals surface area contributed by atoms with Gasteiger partial charge in [0.05, 0.1) is 0 Å². The van der Waals surface area contributed by atoms with Gasteiger partial charge in [0.2, 0.25) is 0 Å². The molecule has 169 valence electrons. The predicted octanol–water partition coefficient (Wildman–Crippen LogP) is 8.54. The molecule has 29 heavy (non-hydrogen) atoms. The first-order chi connectivity index (χ1) is 14.2. The van der Waals surface area contributed by atoms with Gasteiger partial charge in [0.25, 0.3) is 0 Å². The van der Waals surface area contributed by atoms with Crippen molar-refractivity contribution in [1.82, 2.24) is 0 Å². The molecule has 0 aromatic carbocycles. The normalized spacial score (nSPS) is 13.6. The van der Waals surface area contributed by atoms with Crippen molar-refractivity contribution in [3.05, 3.63) is 12.2 Å². The SMILES string of the molecule is CC=CC(=O)C(CC[C]=O)C(C)CCCCCCCCCCCCCCCCC. The van der Waals surface area contributed by atoms with E-state index in [0.29, 0.717) is 18.8 Å². The molecule has 2 nitrogen and oxygen atoms in total. The highest BCUT2D eigenvalue weighted by atomic mass is 16.1. The summed E-state index contributed by atoms with van der Waals surface area (Å²) in [6.45, 7) is 6.32. The lowest BCUT2D eigenvalue weighted by molar-refractivity contribution is -0.119. The Morgan fingerprint density at radius 2 is 1.21 bits per heavy atom. The van der Waals surface area contributed by atoms with E-state index in [2.05, 4.69) is 13.8 Å². The van der Waals surface area contributed by atoms with Crippen LogP contribution in [-0.4, -0.2) is 12.1 Å². The summed E-state index contributed by atoms with van der Waals surface area (Å²) in [5, 5.41) is 0. The molecule has 2 atom stereocenters. The van der Waals surface area contributed by atoms with E-state index in [9.17, 15) is 9.59 Å². The average molecular weight is 406 g/mol. The lowest BCUT2D eigenvalue weighted by Gasteiger charge is -2.21. The molecule has 0 heterocycles. The van der Waals surface area contributed by atoms with Gasteiger partial charge < -0.3 is 0 Å². The summed E-state index contributed by atoms with van der Waals surface area (Å²) in [5.74, 6) is 0.518. The fraction of sp³-hybridized carbons (Fsp3) is 0.852. The van der Waals surface area contributed by atoms with Crippen LogP contribution in [0.1, 0.15) is 136 Å². The largest absolute Gasteiger partial charge is 0.295 e. The highest BCUT2D eigenvalue weighted by molar-refractivity contribution is 5.91. The molecular formula is C27H49O2. The first-order valence-corrected chi connectivity index (χ1v) is 12.7. The summed E-state index contributed by atoms with van der Waals surface area (Å²) in [6.07, 6.45) is 28.2. The number of hydrogen-bond acceptors (Lipinski definition) is 2. The van der Waals surface area contributed by atoms with Gasteiger partial charge in [0, 0.05) is 12.3 Å². The monoisotopic (exact) mass is 405 g/mol. The number of ketones is 1. The third kappa shape index (κ3) is 17.6. The number of unbranched alkanes of at least 4 members (excludes halogenated alkanes) is 14. The first kappa shape index (κ1) is 28.1. The molecule has 0 saturated heterocycles. The van der Waals surface area contributed by atoms with Crippen molar-refractivity contribution < 1.29 is 9.59 Å². The molecule has 0 saturated carbocycles. The number of allylic oxidation sites excluding steroid dienone is 2. The highest BCUT2D eigenvalue weighted by Gasteiger charge is 2.22. The zero-order valence-corrected chi connectivity index (χ0v) is 19.9. The second-order valence-electron chi connectivity index (χ2n) is 8.91. The van der Waals surface area contributed by atoms with E-state index >= 15 is 0 Å². The Hall–Kier alpha value is -0.920. The zero-order valence-electron chi connectivity index (χ0n) is 19.9. The zero-order chi connectivity index (χ0) is 21.6. The van der Waals surface area contributed by atoms with E-state index in [1.165, 1.54) is 96.3 Å². The van der Waals surface area contributed by atoms with Crippen LogP contribution in [0.4, 0.5) is 0 Å². The van der Waals surface area contributed by atoms with Crippen molar-refractivity contribution >= 4 is 12.1 Å². The molecule has 0 aliphatic heterocycles. The Labute approximate surface area is 182 Å². The number of carbonyl (C=O) groups is 1. The molecule has 0 fully saturated rings. The van der Waals surface area contributed by atoms with Crippen LogP contribution in [0.2, 0.25) is 0 Å². The maximum absolute atomic E-state index is 12.2. The molecule has 0 rings (SSSR count). The van der Waals surface area contributed by atoms with Crippen LogP contribution >= 0.6 is 0 Å². The summed E-state index contributed by atoms with van der Waals surface area (Å²) < 4.78 is 0. The second kappa shape index (κ2) is 21.8. The van der Waals surface area contributed by atoms with Gasteiger partial charge in [-0.25, -0.2) is 0 Å². The van der Waals surface area contributed by atoms with Gasteiger partial charge in [-0.1, -0.05) is 123 Å². The van der Waals surface area contributed by atoms with Gasteiger partial charge >= 0.3 is 0 Å². The second-order valence-corrected chi connectivity index (χ2v) is 8.91. The van der Waals surface area contributed by atoms with E-state index in [4.69, 9.17) is 0 Å². The van der Waals surface area contributed by atoms with Gasteiger partial charge in [-0.2, -0.15) is 0 Å². The average Bonchev–Trinajstić information content (AvgIpc) is 2.71. The molecular weight excluding hydrogens is 356 g/mol. The summed E-state index contributed by atoms with van der Waals surface area (Å²) in [5.41, 5.74) is 0. The Morgan fingerprint density at radius 3 is 1.62 bits per heavy atom. The number of rotatable bonds is 22. The summed E-state index contributed by atoms with van der Waals surface area (Å²) in [4.78, 5) is 22.8. The Morgan fingerprint density at radius 1 is 0.759 bits per heavy atom. The lowest BCUT2D eigenvalue weighted by Crippen LogP contribution is -2.20. The van der Waals surface area contributed by atoms with Crippen molar-refractivity contribution in [2.75, 3.05) is 0 Å². The van der Waals surface area contributed by atoms with Crippen LogP contribution < -0.4 is 0 Å². The standard InChI is InChI=1S/C27H49O2/c1-4-6-7-8-9-10-11-12-13-14-15-16-17-18-19-22-25(3)26(23-20-24-28)27(29)21-5-2/h5,21,25-26H,4,6-20,22-23H2,1-3H3. The highest BCUT2D eigenvalue weighted by Crippen LogP contribution is 2.25. The number of carbonyl (C=O) groups excluding carboxylic acids is 2. The first-order valence-electron chi connectivity index (χ1n) is 12.7. The van der Waals surface area contributed by atoms with E-state index in [0.717, 1.165) is 6.42 Å². The molecule has 2 heteroatoms. The molecule has 1 radical (unpaired) electrons. The minimum absolute atomic E-state index is 0.0145. The third-order valence-corrected chi connectivity index (χ3v) is 6.20. The van der Waals surface area contributed by atoms with Crippen LogP contribution in [0.25, 0.3) is 0 Å². The van der Waals surface area contributed by atoms with Crippen molar-refractivity contribution in [3.8, 4) is 0 Å². The summed E-state index contributed by atoms with van der Waals surface area (Å²) in [6, 6.07) is 0. The van der Waals surface area contributed by atoms with Crippen LogP contribution in [0, 0.1) is 11.8 Å². The predicted molar refractivity (Wildman–Crippen MR) is 127 cm³/mol. The molecule has 0 spiro atoms. The smallest absolute Gasteiger partial charge is 0.198 e. The van der Waals surface area contributed by atoms with Gasteiger partial charge in [0.1, 0.15) is 0 Å². The Bertz CT molecular complexity index is 399. The molecule has 2 unspecified atom stereocenters. The van der Waals surface area contributed by atoms with Crippen molar-refractivity contribution in [2.24, 2.45) is 11.8 Å². The fourth-order valence-corrected chi connectivity index (χ4v) is 4.25. The third-order valence-electron chi connectivity index (χ3n) is 6.20. The summed E-state index contributed by atoms with van der Waals surface area (Å²) >= 11 is 0. The van der Waals surface area contributed by atoms with Crippen LogP contribution in [-0.2, 0) is 9.59 Å². The Kier molecular flexibility index (Phi) is 21.1. The summed E-state index contributed by atoms with van der Waals surface area (Å²) in [7, 11) is 0. The molecule has 0 aliphatic rings. The van der Waals surface area contributed by atoms with E-state index < -0.39 is 0 Å². The van der Waals surface area contributed by atoms with Gasteiger partial charge in [-0.3, -0.25) is 9.59 Å². The quantitative estimate of drug-likeness (QED) is 0.133. The van der Waals surface area contributed by atoms with Gasteiger partial charge in [-0.15, -0.1) is 0 Å². The topological polar surface area (TPSA) is 34.1 Å². The molecule has 0 bridgehead atoms. The van der Waals surface area contributed by atoms with Crippen LogP contribution in [0.3, 0.4) is 0 Å². The molecule has 0 amide bonds. The lowest BCUT2D eigenvalue weighted by atomic mass is 9.83. The number of hydrogen-bond donors (Lipinski definition) is 0. The molecule has 0 aliphatic carbocycles. The van der Waals surface area contributed by atoms with E-state index in [-0.39, 0.29) is 11.7 Å². The van der Waals surface area contributed by atoms with Crippen molar-refractivity contribution in [3.63, 3.8) is 0 Å². The minimum Gasteiger partial charge on any atom is -0.295 e. The molecule has 0 N–H and O–H groups in total. The minimum atomic E-state index is -0.0145. The maximum atomic E-state index is 12.2. The molecule has 0 aromatic rings.